The van der Waals surface area contributed by atoms with Crippen LogP contribution in [0, 0.1) is 0 Å². The summed E-state index contributed by atoms with van der Waals surface area (Å²) in [4.78, 5) is 39.7. The van der Waals surface area contributed by atoms with E-state index in [1.165, 1.54) is 6.92 Å². The zero-order chi connectivity index (χ0) is 20.8. The first-order chi connectivity index (χ1) is 14.0. The molecule has 1 unspecified atom stereocenters. The molecular formula is C22H23ClN2O4. The Morgan fingerprint density at radius 1 is 1.00 bits per heavy atom. The van der Waals surface area contributed by atoms with Crippen LogP contribution in [0.5, 0.6) is 0 Å². The van der Waals surface area contributed by atoms with Gasteiger partial charge in [0.1, 0.15) is 6.04 Å². The zero-order valence-electron chi connectivity index (χ0n) is 16.1. The van der Waals surface area contributed by atoms with Crippen molar-refractivity contribution in [3.63, 3.8) is 0 Å². The van der Waals surface area contributed by atoms with E-state index < -0.39 is 24.0 Å². The van der Waals surface area contributed by atoms with Gasteiger partial charge in [0.2, 0.25) is 6.10 Å². The molecule has 2 aromatic carbocycles. The number of carbonyl (C=O) groups excluding carboxylic acids is 3. The Morgan fingerprint density at radius 3 is 2.28 bits per heavy atom. The van der Waals surface area contributed by atoms with Crippen LogP contribution < -0.4 is 5.32 Å². The van der Waals surface area contributed by atoms with Gasteiger partial charge in [0, 0.05) is 18.7 Å². The van der Waals surface area contributed by atoms with E-state index in [0.717, 1.165) is 12.8 Å². The Bertz CT molecular complexity index is 881. The summed E-state index contributed by atoms with van der Waals surface area (Å²) < 4.78 is 5.56. The fraction of sp³-hybridized carbons (Fsp3) is 0.318. The fourth-order valence-electron chi connectivity index (χ4n) is 3.19. The van der Waals surface area contributed by atoms with Crippen molar-refractivity contribution >= 4 is 29.4 Å². The van der Waals surface area contributed by atoms with Gasteiger partial charge in [-0.05, 0) is 31.9 Å². The maximum absolute atomic E-state index is 12.9. The molecule has 1 heterocycles. The molecule has 6 nitrogen and oxygen atoms in total. The highest BCUT2D eigenvalue weighted by molar-refractivity contribution is 6.33. The van der Waals surface area contributed by atoms with Gasteiger partial charge >= 0.3 is 5.97 Å². The molecule has 1 aliphatic rings. The van der Waals surface area contributed by atoms with Crippen molar-refractivity contribution in [1.82, 2.24) is 10.2 Å². The van der Waals surface area contributed by atoms with Crippen LogP contribution >= 0.6 is 11.6 Å². The Balaban J connectivity index is 1.71. The summed E-state index contributed by atoms with van der Waals surface area (Å²) in [6.07, 6.45) is 0.832. The minimum atomic E-state index is -1.04. The van der Waals surface area contributed by atoms with Crippen molar-refractivity contribution < 1.29 is 19.1 Å². The Kier molecular flexibility index (Phi) is 6.88. The number of nitrogens with zero attached hydrogens (tertiary/aromatic N) is 1. The molecule has 0 aliphatic carbocycles. The molecule has 0 saturated carbocycles. The monoisotopic (exact) mass is 414 g/mol. The van der Waals surface area contributed by atoms with Gasteiger partial charge in [-0.2, -0.15) is 0 Å². The molecule has 0 bridgehead atoms. The molecule has 7 heteroatoms. The molecule has 1 fully saturated rings. The lowest BCUT2D eigenvalue weighted by molar-refractivity contribution is -0.161. The molecule has 152 valence electrons. The van der Waals surface area contributed by atoms with Gasteiger partial charge in [-0.25, -0.2) is 4.79 Å². The second-order valence-electron chi connectivity index (χ2n) is 6.93. The highest BCUT2D eigenvalue weighted by Gasteiger charge is 2.32. The van der Waals surface area contributed by atoms with Gasteiger partial charge in [-0.1, -0.05) is 54.1 Å². The summed E-state index contributed by atoms with van der Waals surface area (Å²) in [7, 11) is 0. The molecule has 1 N–H and O–H groups in total. The van der Waals surface area contributed by atoms with Crippen LogP contribution in [0.15, 0.2) is 54.6 Å². The standard InChI is InChI=1S/C22H23ClN2O4/c1-15(24-20(26)17-11-5-6-12-18(17)23)22(28)29-19(16-9-3-2-4-10-16)21(27)25-13-7-8-14-25/h2-6,9-12,15,19H,7-8,13-14H2,1H3,(H,24,26)/t15-,19?/m0/s1. The van der Waals surface area contributed by atoms with Gasteiger partial charge < -0.3 is 15.0 Å². The average molecular weight is 415 g/mol. The van der Waals surface area contributed by atoms with E-state index in [0.29, 0.717) is 18.7 Å². The van der Waals surface area contributed by atoms with Crippen molar-refractivity contribution in [1.29, 1.82) is 0 Å². The topological polar surface area (TPSA) is 75.7 Å². The van der Waals surface area contributed by atoms with Crippen LogP contribution in [0.4, 0.5) is 0 Å². The molecule has 1 aliphatic heterocycles. The smallest absolute Gasteiger partial charge is 0.329 e. The first kappa shape index (κ1) is 20.9. The molecule has 29 heavy (non-hydrogen) atoms. The third kappa shape index (κ3) is 5.15. The van der Waals surface area contributed by atoms with Crippen LogP contribution in [0.25, 0.3) is 0 Å². The summed E-state index contributed by atoms with van der Waals surface area (Å²) in [5.41, 5.74) is 0.865. The second-order valence-corrected chi connectivity index (χ2v) is 7.34. The fourth-order valence-corrected chi connectivity index (χ4v) is 3.41. The molecule has 3 rings (SSSR count). The quantitative estimate of drug-likeness (QED) is 0.735. The normalized spacial score (nSPS) is 15.4. The maximum Gasteiger partial charge on any atom is 0.329 e. The SMILES string of the molecule is C[C@H](NC(=O)c1ccccc1Cl)C(=O)OC(C(=O)N1CCCC1)c1ccccc1. The van der Waals surface area contributed by atoms with Gasteiger partial charge in [-0.15, -0.1) is 0 Å². The van der Waals surface area contributed by atoms with Crippen molar-refractivity contribution in [3.05, 3.63) is 70.7 Å². The first-order valence-electron chi connectivity index (χ1n) is 9.57. The number of likely N-dealkylation sites (tertiary alicyclic amines) is 1. The zero-order valence-corrected chi connectivity index (χ0v) is 16.9. The van der Waals surface area contributed by atoms with E-state index in [1.54, 1.807) is 53.4 Å². The van der Waals surface area contributed by atoms with Gasteiger partial charge in [0.25, 0.3) is 11.8 Å². The van der Waals surface area contributed by atoms with E-state index >= 15 is 0 Å². The number of hydrogen-bond acceptors (Lipinski definition) is 4. The van der Waals surface area contributed by atoms with Crippen molar-refractivity contribution in [2.45, 2.75) is 31.9 Å². The second kappa shape index (κ2) is 9.56. The van der Waals surface area contributed by atoms with Crippen LogP contribution in [0.2, 0.25) is 5.02 Å². The van der Waals surface area contributed by atoms with Crippen LogP contribution in [-0.4, -0.2) is 41.8 Å². The summed E-state index contributed by atoms with van der Waals surface area (Å²) in [5, 5.41) is 2.87. The first-order valence-corrected chi connectivity index (χ1v) is 9.95. The van der Waals surface area contributed by atoms with Crippen molar-refractivity contribution in [2.24, 2.45) is 0 Å². The lowest BCUT2D eigenvalue weighted by Gasteiger charge is -2.25. The Morgan fingerprint density at radius 2 is 1.62 bits per heavy atom. The van der Waals surface area contributed by atoms with Crippen LogP contribution in [0.1, 0.15) is 41.8 Å². The number of esters is 1. The minimum absolute atomic E-state index is 0.244. The average Bonchev–Trinajstić information content (AvgIpc) is 3.27. The third-order valence-electron chi connectivity index (χ3n) is 4.80. The van der Waals surface area contributed by atoms with Gasteiger partial charge in [0.15, 0.2) is 0 Å². The number of amides is 2. The molecule has 0 aromatic heterocycles. The number of carbonyl (C=O) groups is 3. The number of nitrogens with one attached hydrogen (secondary N) is 1. The number of hydrogen-bond donors (Lipinski definition) is 1. The van der Waals surface area contributed by atoms with E-state index in [-0.39, 0.29) is 16.5 Å². The van der Waals surface area contributed by atoms with Gasteiger partial charge in [-0.3, -0.25) is 9.59 Å². The number of halogens is 1. The van der Waals surface area contributed by atoms with Crippen molar-refractivity contribution in [3.8, 4) is 0 Å². The lowest BCUT2D eigenvalue weighted by Crippen LogP contribution is -2.42. The van der Waals surface area contributed by atoms with Gasteiger partial charge in [0.05, 0.1) is 10.6 Å². The molecule has 0 spiro atoms. The van der Waals surface area contributed by atoms with Crippen molar-refractivity contribution in [2.75, 3.05) is 13.1 Å². The summed E-state index contributed by atoms with van der Waals surface area (Å²) in [5.74, 6) is -1.42. The number of ether oxygens (including phenoxy) is 1. The van der Waals surface area contributed by atoms with E-state index in [2.05, 4.69) is 5.32 Å². The van der Waals surface area contributed by atoms with Crippen LogP contribution in [0.3, 0.4) is 0 Å². The number of benzene rings is 2. The molecule has 0 radical (unpaired) electrons. The molecule has 2 aromatic rings. The van der Waals surface area contributed by atoms with E-state index in [9.17, 15) is 14.4 Å². The lowest BCUT2D eigenvalue weighted by atomic mass is 10.1. The predicted molar refractivity (Wildman–Crippen MR) is 109 cm³/mol. The highest BCUT2D eigenvalue weighted by atomic mass is 35.5. The van der Waals surface area contributed by atoms with Crippen LogP contribution in [-0.2, 0) is 14.3 Å². The van der Waals surface area contributed by atoms with E-state index in [4.69, 9.17) is 16.3 Å². The highest BCUT2D eigenvalue weighted by Crippen LogP contribution is 2.23. The largest absolute Gasteiger partial charge is 0.446 e. The third-order valence-corrected chi connectivity index (χ3v) is 5.13. The predicted octanol–water partition coefficient (Wildman–Crippen LogP) is 3.37. The summed E-state index contributed by atoms with van der Waals surface area (Å²) >= 11 is 6.03. The minimum Gasteiger partial charge on any atom is -0.446 e. The molecular weight excluding hydrogens is 392 g/mol. The Labute approximate surface area is 174 Å². The number of rotatable bonds is 6. The summed E-state index contributed by atoms with van der Waals surface area (Å²) in [6, 6.07) is 14.5. The molecule has 2 amide bonds. The summed E-state index contributed by atoms with van der Waals surface area (Å²) in [6.45, 7) is 2.82. The maximum atomic E-state index is 12.9. The van der Waals surface area contributed by atoms with E-state index in [1.807, 2.05) is 6.07 Å². The molecule has 2 atom stereocenters. The molecule has 1 saturated heterocycles. The Hall–Kier alpha value is -2.86.